The van der Waals surface area contributed by atoms with Gasteiger partial charge in [0.05, 0.1) is 5.75 Å². The number of aryl methyl sites for hydroxylation is 1. The number of pyridine rings is 1. The Bertz CT molecular complexity index is 1440. The van der Waals surface area contributed by atoms with Crippen LogP contribution in [0.15, 0.2) is 35.4 Å². The van der Waals surface area contributed by atoms with E-state index in [2.05, 4.69) is 9.88 Å². The molecule has 1 amide bonds. The molecule has 3 aromatic rings. The maximum atomic E-state index is 12.8. The largest absolute Gasteiger partial charge is 0.465 e. The second-order valence-electron chi connectivity index (χ2n) is 9.21. The fraction of sp³-hybridized carbons (Fsp3) is 0.391. The summed E-state index contributed by atoms with van der Waals surface area (Å²) >= 11 is 0. The average molecular weight is 471 g/mol. The van der Waals surface area contributed by atoms with Crippen LogP contribution >= 0.6 is 0 Å². The van der Waals surface area contributed by atoms with Gasteiger partial charge in [0, 0.05) is 74.1 Å². The normalized spacial score (nSPS) is 17.9. The quantitative estimate of drug-likeness (QED) is 0.605. The summed E-state index contributed by atoms with van der Waals surface area (Å²) in [6.45, 7) is 2.25. The van der Waals surface area contributed by atoms with Gasteiger partial charge in [-0.05, 0) is 35.6 Å². The maximum absolute atomic E-state index is 12.8. The van der Waals surface area contributed by atoms with Crippen molar-refractivity contribution in [2.45, 2.75) is 18.7 Å². The van der Waals surface area contributed by atoms with Gasteiger partial charge in [-0.15, -0.1) is 0 Å². The lowest BCUT2D eigenvalue weighted by Gasteiger charge is -2.28. The number of amides is 1. The van der Waals surface area contributed by atoms with Crippen molar-refractivity contribution in [2.24, 2.45) is 13.0 Å². The van der Waals surface area contributed by atoms with Crippen LogP contribution in [0.1, 0.15) is 17.5 Å². The smallest absolute Gasteiger partial charge is 0.407 e. The number of carboxylic acid groups (broad SMARTS) is 1. The molecule has 1 saturated heterocycles. The Balaban J connectivity index is 1.64. The number of hydrogen-bond donors (Lipinski definition) is 2. The van der Waals surface area contributed by atoms with Gasteiger partial charge in [0.1, 0.15) is 5.52 Å². The van der Waals surface area contributed by atoms with Gasteiger partial charge in [-0.1, -0.05) is 6.07 Å². The van der Waals surface area contributed by atoms with Gasteiger partial charge in [-0.2, -0.15) is 0 Å². The first-order valence-electron chi connectivity index (χ1n) is 10.8. The van der Waals surface area contributed by atoms with Gasteiger partial charge < -0.3 is 24.5 Å². The van der Waals surface area contributed by atoms with Crippen molar-refractivity contribution in [3.63, 3.8) is 0 Å². The molecule has 0 radical (unpaired) electrons. The van der Waals surface area contributed by atoms with Crippen molar-refractivity contribution in [3.8, 4) is 11.1 Å². The Morgan fingerprint density at radius 2 is 2.06 bits per heavy atom. The van der Waals surface area contributed by atoms with Crippen LogP contribution in [0.25, 0.3) is 22.0 Å². The number of sulfone groups is 1. The summed E-state index contributed by atoms with van der Waals surface area (Å²) in [6, 6.07) is 5.70. The van der Waals surface area contributed by atoms with E-state index in [1.54, 1.807) is 11.6 Å². The molecule has 1 atom stereocenters. The number of anilines is 1. The van der Waals surface area contributed by atoms with E-state index < -0.39 is 15.9 Å². The Morgan fingerprint density at radius 3 is 2.76 bits per heavy atom. The van der Waals surface area contributed by atoms with Gasteiger partial charge >= 0.3 is 6.09 Å². The van der Waals surface area contributed by atoms with Crippen molar-refractivity contribution in [1.29, 1.82) is 0 Å². The number of rotatable bonds is 4. The average Bonchev–Trinajstić information content (AvgIpc) is 3.34. The first-order chi connectivity index (χ1) is 15.6. The molecular weight excluding hydrogens is 444 g/mol. The molecule has 0 bridgehead atoms. The molecule has 1 aromatic carbocycles. The lowest BCUT2D eigenvalue weighted by molar-refractivity contribution is 0.154. The zero-order valence-corrected chi connectivity index (χ0v) is 19.4. The third kappa shape index (κ3) is 3.88. The van der Waals surface area contributed by atoms with Crippen molar-refractivity contribution < 1.29 is 18.3 Å². The SMILES string of the molecule is Cn1cc2c3c(c[nH]c3c1=O)CN(CC1CCN(C(=O)O)C1)c1ccc(CS(C)(=O)=O)cc1-2. The monoisotopic (exact) mass is 470 g/mol. The lowest BCUT2D eigenvalue weighted by Crippen LogP contribution is -2.32. The fourth-order valence-corrected chi connectivity index (χ4v) is 5.94. The van der Waals surface area contributed by atoms with Gasteiger partial charge in [-0.3, -0.25) is 4.79 Å². The summed E-state index contributed by atoms with van der Waals surface area (Å²) in [5, 5.41) is 10.2. The van der Waals surface area contributed by atoms with Crippen molar-refractivity contribution in [1.82, 2.24) is 14.5 Å². The predicted molar refractivity (Wildman–Crippen MR) is 126 cm³/mol. The zero-order valence-electron chi connectivity index (χ0n) is 18.5. The van der Waals surface area contributed by atoms with E-state index in [0.717, 1.165) is 34.2 Å². The van der Waals surface area contributed by atoms with Crippen molar-refractivity contribution in [2.75, 3.05) is 30.8 Å². The maximum Gasteiger partial charge on any atom is 0.407 e. The van der Waals surface area contributed by atoms with Crippen LogP contribution < -0.4 is 10.5 Å². The second kappa shape index (κ2) is 7.65. The molecule has 2 aliphatic heterocycles. The van der Waals surface area contributed by atoms with E-state index in [1.807, 2.05) is 30.6 Å². The molecule has 0 spiro atoms. The third-order valence-corrected chi connectivity index (χ3v) is 7.46. The van der Waals surface area contributed by atoms with Crippen LogP contribution in [0.4, 0.5) is 10.5 Å². The third-order valence-electron chi connectivity index (χ3n) is 6.60. The summed E-state index contributed by atoms with van der Waals surface area (Å²) in [7, 11) is -1.50. The lowest BCUT2D eigenvalue weighted by atomic mass is 9.99. The summed E-state index contributed by atoms with van der Waals surface area (Å²) in [5.74, 6) is 0.122. The fourth-order valence-electron chi connectivity index (χ4n) is 5.15. The Hall–Kier alpha value is -3.27. The highest BCUT2D eigenvalue weighted by Gasteiger charge is 2.30. The van der Waals surface area contributed by atoms with Crippen LogP contribution in [0, 0.1) is 5.92 Å². The number of carbonyl (C=O) groups is 1. The van der Waals surface area contributed by atoms with Gasteiger partial charge in [-0.25, -0.2) is 13.2 Å². The van der Waals surface area contributed by atoms with Crippen molar-refractivity contribution in [3.05, 3.63) is 52.1 Å². The number of nitrogens with one attached hydrogen (secondary N) is 1. The van der Waals surface area contributed by atoms with E-state index in [4.69, 9.17) is 0 Å². The Labute approximate surface area is 191 Å². The number of likely N-dealkylation sites (tertiary alicyclic amines) is 1. The molecule has 5 rings (SSSR count). The zero-order chi connectivity index (χ0) is 23.5. The van der Waals surface area contributed by atoms with Crippen LogP contribution in [-0.4, -0.2) is 60.0 Å². The molecule has 33 heavy (non-hydrogen) atoms. The minimum atomic E-state index is -3.21. The van der Waals surface area contributed by atoms with Gasteiger partial charge in [0.15, 0.2) is 9.84 Å². The second-order valence-corrected chi connectivity index (χ2v) is 11.3. The number of nitrogens with zero attached hydrogens (tertiary/aromatic N) is 3. The minimum Gasteiger partial charge on any atom is -0.465 e. The summed E-state index contributed by atoms with van der Waals surface area (Å²) in [6.07, 6.45) is 4.79. The molecule has 10 heteroatoms. The Kier molecular flexibility index (Phi) is 5.00. The number of fused-ring (bicyclic) bond motifs is 2. The van der Waals surface area contributed by atoms with Crippen molar-refractivity contribution >= 4 is 32.5 Å². The molecule has 1 fully saturated rings. The molecule has 2 aliphatic rings. The number of benzene rings is 1. The van der Waals surface area contributed by atoms with Crippen LogP contribution in [-0.2, 0) is 29.2 Å². The minimum absolute atomic E-state index is 0.0641. The van der Waals surface area contributed by atoms with E-state index in [0.29, 0.717) is 37.3 Å². The number of H-pyrrole nitrogens is 1. The standard InChI is InChI=1S/C23H26N4O5S/c1-25-12-18-17-7-14(13-33(2,31)32)3-4-19(17)27(10-15-5-6-26(9-15)23(29)30)11-16-8-24-21(20(16)18)22(25)28/h3-4,7-8,12,15,24H,5-6,9-11,13H2,1-2H3,(H,29,30). The van der Waals surface area contributed by atoms with Crippen LogP contribution in [0.5, 0.6) is 0 Å². The molecule has 4 heterocycles. The Morgan fingerprint density at radius 1 is 1.27 bits per heavy atom. The molecular formula is C23H26N4O5S. The number of aromatic amines is 1. The van der Waals surface area contributed by atoms with Gasteiger partial charge in [0.2, 0.25) is 0 Å². The highest BCUT2D eigenvalue weighted by molar-refractivity contribution is 7.89. The molecule has 0 saturated carbocycles. The molecule has 2 aromatic heterocycles. The molecule has 2 N–H and O–H groups in total. The summed E-state index contributed by atoms with van der Waals surface area (Å²) in [4.78, 5) is 30.9. The predicted octanol–water partition coefficient (Wildman–Crippen LogP) is 2.40. The highest BCUT2D eigenvalue weighted by Crippen LogP contribution is 2.41. The number of hydrogen-bond acceptors (Lipinski definition) is 5. The summed E-state index contributed by atoms with van der Waals surface area (Å²) in [5.41, 5.74) is 4.82. The topological polar surface area (TPSA) is 116 Å². The highest BCUT2D eigenvalue weighted by atomic mass is 32.2. The van der Waals surface area contributed by atoms with Gasteiger partial charge in [0.25, 0.3) is 5.56 Å². The molecule has 174 valence electrons. The van der Waals surface area contributed by atoms with Crippen LogP contribution in [0.2, 0.25) is 0 Å². The summed E-state index contributed by atoms with van der Waals surface area (Å²) < 4.78 is 25.4. The molecule has 0 aliphatic carbocycles. The van der Waals surface area contributed by atoms with E-state index in [-0.39, 0.29) is 17.2 Å². The van der Waals surface area contributed by atoms with E-state index in [9.17, 15) is 23.1 Å². The number of aromatic nitrogens is 2. The molecule has 9 nitrogen and oxygen atoms in total. The van der Waals surface area contributed by atoms with Crippen LogP contribution in [0.3, 0.4) is 0 Å². The first kappa shape index (κ1) is 21.6. The first-order valence-corrected chi connectivity index (χ1v) is 12.9. The van der Waals surface area contributed by atoms with E-state index >= 15 is 0 Å². The van der Waals surface area contributed by atoms with E-state index in [1.165, 1.54) is 11.2 Å². The molecule has 1 unspecified atom stereocenters.